The predicted octanol–water partition coefficient (Wildman–Crippen LogP) is 3.24. The number of nitrogens with two attached hydrogens (primary N) is 1. The molecule has 1 fully saturated rings. The fourth-order valence-electron chi connectivity index (χ4n) is 3.16. The standard InChI is InChI=1S/C15H26N2O/c1-4-13-7-5-6-10-17(13)15(12(3)16)14-9-8-11(2)18-14/h8-9,12-13,15H,4-7,10,16H2,1-3H3. The quantitative estimate of drug-likeness (QED) is 0.892. The van der Waals surface area contributed by atoms with Crippen LogP contribution >= 0.6 is 0 Å². The Balaban J connectivity index is 2.23. The first-order valence-electron chi connectivity index (χ1n) is 7.21. The van der Waals surface area contributed by atoms with E-state index in [-0.39, 0.29) is 12.1 Å². The zero-order valence-corrected chi connectivity index (χ0v) is 11.9. The lowest BCUT2D eigenvalue weighted by molar-refractivity contribution is 0.0673. The molecule has 0 aromatic carbocycles. The van der Waals surface area contributed by atoms with E-state index in [4.69, 9.17) is 10.2 Å². The average molecular weight is 250 g/mol. The predicted molar refractivity (Wildman–Crippen MR) is 74.5 cm³/mol. The molecule has 1 aromatic heterocycles. The second-order valence-corrected chi connectivity index (χ2v) is 5.55. The van der Waals surface area contributed by atoms with Crippen LogP contribution in [0.5, 0.6) is 0 Å². The maximum absolute atomic E-state index is 6.22. The number of hydrogen-bond donors (Lipinski definition) is 1. The summed E-state index contributed by atoms with van der Waals surface area (Å²) in [7, 11) is 0. The number of nitrogens with zero attached hydrogens (tertiary/aromatic N) is 1. The molecule has 1 aromatic rings. The zero-order valence-electron chi connectivity index (χ0n) is 11.9. The summed E-state index contributed by atoms with van der Waals surface area (Å²) < 4.78 is 5.83. The Labute approximate surface area is 110 Å². The molecule has 2 heterocycles. The van der Waals surface area contributed by atoms with E-state index in [0.29, 0.717) is 6.04 Å². The Morgan fingerprint density at radius 1 is 1.44 bits per heavy atom. The van der Waals surface area contributed by atoms with Crippen LogP contribution in [0.1, 0.15) is 57.1 Å². The molecule has 2 rings (SSSR count). The molecule has 3 nitrogen and oxygen atoms in total. The van der Waals surface area contributed by atoms with E-state index < -0.39 is 0 Å². The molecule has 102 valence electrons. The molecule has 1 aliphatic rings. The molecule has 1 saturated heterocycles. The Morgan fingerprint density at radius 2 is 2.22 bits per heavy atom. The summed E-state index contributed by atoms with van der Waals surface area (Å²) >= 11 is 0. The van der Waals surface area contributed by atoms with Gasteiger partial charge in [-0.1, -0.05) is 13.3 Å². The van der Waals surface area contributed by atoms with Crippen molar-refractivity contribution in [2.75, 3.05) is 6.54 Å². The minimum Gasteiger partial charge on any atom is -0.465 e. The molecule has 0 saturated carbocycles. The largest absolute Gasteiger partial charge is 0.465 e. The van der Waals surface area contributed by atoms with Gasteiger partial charge in [0.15, 0.2) is 0 Å². The van der Waals surface area contributed by atoms with Gasteiger partial charge in [0.1, 0.15) is 11.5 Å². The van der Waals surface area contributed by atoms with Gasteiger partial charge in [-0.3, -0.25) is 4.90 Å². The number of rotatable bonds is 4. The molecule has 3 atom stereocenters. The van der Waals surface area contributed by atoms with Crippen molar-refractivity contribution in [3.63, 3.8) is 0 Å². The van der Waals surface area contributed by atoms with Crippen LogP contribution in [0.3, 0.4) is 0 Å². The van der Waals surface area contributed by atoms with E-state index in [9.17, 15) is 0 Å². The van der Waals surface area contributed by atoms with Gasteiger partial charge in [-0.15, -0.1) is 0 Å². The van der Waals surface area contributed by atoms with Crippen molar-refractivity contribution < 1.29 is 4.42 Å². The van der Waals surface area contributed by atoms with Crippen LogP contribution in [-0.4, -0.2) is 23.5 Å². The van der Waals surface area contributed by atoms with Crippen LogP contribution in [0, 0.1) is 6.92 Å². The first-order chi connectivity index (χ1) is 8.63. The second-order valence-electron chi connectivity index (χ2n) is 5.55. The van der Waals surface area contributed by atoms with E-state index in [1.807, 2.05) is 13.0 Å². The Hall–Kier alpha value is -0.800. The lowest BCUT2D eigenvalue weighted by atomic mass is 9.94. The zero-order chi connectivity index (χ0) is 13.1. The minimum atomic E-state index is 0.0997. The highest BCUT2D eigenvalue weighted by Crippen LogP contribution is 2.32. The number of furan rings is 1. The first-order valence-corrected chi connectivity index (χ1v) is 7.21. The highest BCUT2D eigenvalue weighted by molar-refractivity contribution is 5.12. The normalized spacial score (nSPS) is 25.0. The summed E-state index contributed by atoms with van der Waals surface area (Å²) in [5.74, 6) is 2.00. The molecule has 0 aliphatic carbocycles. The SMILES string of the molecule is CCC1CCCCN1C(c1ccc(C)o1)C(C)N. The fraction of sp³-hybridized carbons (Fsp3) is 0.733. The van der Waals surface area contributed by atoms with Gasteiger partial charge in [0, 0.05) is 12.1 Å². The van der Waals surface area contributed by atoms with Gasteiger partial charge >= 0.3 is 0 Å². The van der Waals surface area contributed by atoms with Crippen LogP contribution in [-0.2, 0) is 0 Å². The smallest absolute Gasteiger partial charge is 0.122 e. The van der Waals surface area contributed by atoms with Crippen LogP contribution in [0.25, 0.3) is 0 Å². The number of likely N-dealkylation sites (tertiary alicyclic amines) is 1. The molecular formula is C15H26N2O. The van der Waals surface area contributed by atoms with Crippen LogP contribution < -0.4 is 5.73 Å². The van der Waals surface area contributed by atoms with E-state index >= 15 is 0 Å². The van der Waals surface area contributed by atoms with E-state index in [2.05, 4.69) is 24.8 Å². The maximum atomic E-state index is 6.22. The molecule has 0 bridgehead atoms. The van der Waals surface area contributed by atoms with Gasteiger partial charge in [0.2, 0.25) is 0 Å². The second kappa shape index (κ2) is 5.89. The van der Waals surface area contributed by atoms with Gasteiger partial charge in [-0.2, -0.15) is 0 Å². The number of piperidine rings is 1. The molecule has 0 radical (unpaired) electrons. The fourth-order valence-corrected chi connectivity index (χ4v) is 3.16. The van der Waals surface area contributed by atoms with E-state index in [1.54, 1.807) is 0 Å². The highest BCUT2D eigenvalue weighted by atomic mass is 16.3. The lowest BCUT2D eigenvalue weighted by Crippen LogP contribution is -2.47. The van der Waals surface area contributed by atoms with Crippen molar-refractivity contribution in [3.05, 3.63) is 23.7 Å². The Kier molecular flexibility index (Phi) is 4.46. The summed E-state index contributed by atoms with van der Waals surface area (Å²) in [5.41, 5.74) is 6.22. The summed E-state index contributed by atoms with van der Waals surface area (Å²) in [6.45, 7) is 7.50. The van der Waals surface area contributed by atoms with Gasteiger partial charge in [0.05, 0.1) is 6.04 Å². The molecule has 18 heavy (non-hydrogen) atoms. The number of hydrogen-bond acceptors (Lipinski definition) is 3. The van der Waals surface area contributed by atoms with Crippen molar-refractivity contribution >= 4 is 0 Å². The molecule has 3 heteroatoms. The summed E-state index contributed by atoms with van der Waals surface area (Å²) in [6, 6.07) is 5.10. The number of aryl methyl sites for hydroxylation is 1. The maximum Gasteiger partial charge on any atom is 0.122 e. The van der Waals surface area contributed by atoms with Gasteiger partial charge in [-0.25, -0.2) is 0 Å². The Bertz CT molecular complexity index is 372. The lowest BCUT2D eigenvalue weighted by Gasteiger charge is -2.41. The van der Waals surface area contributed by atoms with Crippen LogP contribution in [0.4, 0.5) is 0 Å². The summed E-state index contributed by atoms with van der Waals surface area (Å²) in [5, 5.41) is 0. The van der Waals surface area contributed by atoms with E-state index in [0.717, 1.165) is 18.1 Å². The summed E-state index contributed by atoms with van der Waals surface area (Å²) in [4.78, 5) is 2.56. The van der Waals surface area contributed by atoms with Crippen molar-refractivity contribution in [3.8, 4) is 0 Å². The molecular weight excluding hydrogens is 224 g/mol. The Morgan fingerprint density at radius 3 is 2.78 bits per heavy atom. The van der Waals surface area contributed by atoms with Gasteiger partial charge in [-0.05, 0) is 51.8 Å². The van der Waals surface area contributed by atoms with Crippen molar-refractivity contribution in [2.24, 2.45) is 5.73 Å². The molecule has 3 unspecified atom stereocenters. The van der Waals surface area contributed by atoms with Crippen LogP contribution in [0.15, 0.2) is 16.5 Å². The van der Waals surface area contributed by atoms with Gasteiger partial charge < -0.3 is 10.2 Å². The van der Waals surface area contributed by atoms with E-state index in [1.165, 1.54) is 25.7 Å². The topological polar surface area (TPSA) is 42.4 Å². The van der Waals surface area contributed by atoms with Crippen molar-refractivity contribution in [1.29, 1.82) is 0 Å². The van der Waals surface area contributed by atoms with Crippen molar-refractivity contribution in [1.82, 2.24) is 4.90 Å². The monoisotopic (exact) mass is 250 g/mol. The first kappa shape index (κ1) is 13.6. The summed E-state index contributed by atoms with van der Waals surface area (Å²) in [6.07, 6.45) is 5.11. The van der Waals surface area contributed by atoms with Crippen molar-refractivity contribution in [2.45, 2.75) is 64.6 Å². The third-order valence-corrected chi connectivity index (χ3v) is 4.05. The molecule has 2 N–H and O–H groups in total. The molecule has 1 aliphatic heterocycles. The third-order valence-electron chi connectivity index (χ3n) is 4.05. The molecule has 0 amide bonds. The minimum absolute atomic E-state index is 0.0997. The highest BCUT2D eigenvalue weighted by Gasteiger charge is 2.32. The van der Waals surface area contributed by atoms with Crippen LogP contribution in [0.2, 0.25) is 0 Å². The molecule has 0 spiro atoms. The average Bonchev–Trinajstić information content (AvgIpc) is 2.76. The third kappa shape index (κ3) is 2.78. The van der Waals surface area contributed by atoms with Gasteiger partial charge in [0.25, 0.3) is 0 Å².